The molecule has 0 radical (unpaired) electrons. The average Bonchev–Trinajstić information content (AvgIpc) is 3.58. The number of hydrogen-bond acceptors (Lipinski definition) is 2. The molecule has 0 N–H and O–H groups in total. The molecule has 0 unspecified atom stereocenters. The molecule has 0 aromatic heterocycles. The van der Waals surface area contributed by atoms with E-state index in [4.69, 9.17) is 0 Å². The van der Waals surface area contributed by atoms with Crippen molar-refractivity contribution < 1.29 is 0 Å². The molecule has 0 aliphatic carbocycles. The minimum atomic E-state index is 0.635. The average molecular weight is 771 g/mol. The van der Waals surface area contributed by atoms with Crippen molar-refractivity contribution in [2.24, 2.45) is 0 Å². The summed E-state index contributed by atoms with van der Waals surface area (Å²) < 4.78 is 0. The fourth-order valence-electron chi connectivity index (χ4n) is 9.19. The maximum absolute atomic E-state index is 2.74. The second-order valence-corrected chi connectivity index (χ2v) is 18.5. The van der Waals surface area contributed by atoms with Crippen molar-refractivity contribution in [2.75, 3.05) is 13.1 Å². The highest BCUT2D eigenvalue weighted by atomic mass is 15.4. The smallest absolute Gasteiger partial charge is 0.101 e. The van der Waals surface area contributed by atoms with Crippen LogP contribution >= 0.6 is 0 Å². The van der Waals surface area contributed by atoms with Gasteiger partial charge in [0.05, 0.1) is 0 Å². The molecular formula is C53H106N2. The zero-order chi connectivity index (χ0) is 39.4. The lowest BCUT2D eigenvalue weighted by atomic mass is 10.0. The Hall–Kier alpha value is -0.660. The summed E-state index contributed by atoms with van der Waals surface area (Å²) in [4.78, 5) is 5.49. The van der Waals surface area contributed by atoms with Gasteiger partial charge in [-0.25, -0.2) is 0 Å². The second kappa shape index (κ2) is 44.4. The predicted molar refractivity (Wildman–Crippen MR) is 251 cm³/mol. The third-order valence-electron chi connectivity index (χ3n) is 13.1. The third-order valence-corrected chi connectivity index (χ3v) is 13.1. The Labute approximate surface area is 350 Å². The molecule has 0 spiro atoms. The number of unbranched alkanes of at least 4 members (excludes halogenated alkanes) is 41. The monoisotopic (exact) mass is 771 g/mol. The lowest BCUT2D eigenvalue weighted by molar-refractivity contribution is 0.135. The molecule has 0 bridgehead atoms. The summed E-state index contributed by atoms with van der Waals surface area (Å²) in [5.74, 6) is 0. The van der Waals surface area contributed by atoms with E-state index in [9.17, 15) is 0 Å². The summed E-state index contributed by atoms with van der Waals surface area (Å²) >= 11 is 0. The van der Waals surface area contributed by atoms with Gasteiger partial charge in [-0.3, -0.25) is 0 Å². The van der Waals surface area contributed by atoms with Crippen LogP contribution in [0.25, 0.3) is 0 Å². The van der Waals surface area contributed by atoms with Gasteiger partial charge in [-0.15, -0.1) is 0 Å². The molecule has 1 aliphatic heterocycles. The second-order valence-electron chi connectivity index (χ2n) is 18.5. The lowest BCUT2D eigenvalue weighted by Crippen LogP contribution is -2.39. The first-order chi connectivity index (χ1) is 27.3. The molecule has 2 nitrogen and oxygen atoms in total. The summed E-state index contributed by atoms with van der Waals surface area (Å²) in [6.45, 7) is 9.50. The molecule has 1 aliphatic rings. The number of nitrogens with zero attached hydrogens (tertiary/aromatic N) is 2. The normalized spacial score (nSPS) is 13.3. The Balaban J connectivity index is 2.18. The fourth-order valence-corrected chi connectivity index (χ4v) is 9.19. The van der Waals surface area contributed by atoms with E-state index < -0.39 is 0 Å². The van der Waals surface area contributed by atoms with E-state index in [0.717, 1.165) is 0 Å². The highest BCUT2D eigenvalue weighted by Gasteiger charge is 2.25. The predicted octanol–water partition coefficient (Wildman–Crippen LogP) is 19.0. The topological polar surface area (TPSA) is 6.48 Å². The molecule has 55 heavy (non-hydrogen) atoms. The summed E-state index contributed by atoms with van der Waals surface area (Å²) in [6.07, 6.45) is 70.8. The van der Waals surface area contributed by atoms with E-state index in [1.54, 1.807) is 0 Å². The van der Waals surface area contributed by atoms with Gasteiger partial charge in [-0.1, -0.05) is 284 Å². The molecule has 0 aromatic carbocycles. The molecule has 0 amide bonds. The van der Waals surface area contributed by atoms with Crippen molar-refractivity contribution in [3.05, 3.63) is 12.4 Å². The maximum Gasteiger partial charge on any atom is 0.101 e. The van der Waals surface area contributed by atoms with E-state index in [2.05, 4.69) is 43.0 Å². The van der Waals surface area contributed by atoms with Gasteiger partial charge in [-0.2, -0.15) is 0 Å². The minimum absolute atomic E-state index is 0.635. The van der Waals surface area contributed by atoms with Crippen LogP contribution in [0.3, 0.4) is 0 Å². The first-order valence-corrected chi connectivity index (χ1v) is 26.5. The van der Waals surface area contributed by atoms with Crippen molar-refractivity contribution in [2.45, 2.75) is 316 Å². The standard InChI is InChI=1S/C53H106N2/c1-4-7-10-13-16-19-22-25-27-29-31-34-37-40-43-46-49-54-51-52-55(53(54)48-45-42-39-36-33-24-21-18-15-12-9-6-3)50-47-44-41-38-35-32-30-28-26-23-20-17-14-11-8-5-2/h51-53H,4-50H2,1-3H3. The van der Waals surface area contributed by atoms with Gasteiger partial charge >= 0.3 is 0 Å². The Morgan fingerprint density at radius 3 is 0.636 bits per heavy atom. The first kappa shape index (κ1) is 52.4. The number of hydrogen-bond donors (Lipinski definition) is 0. The molecule has 0 aromatic rings. The van der Waals surface area contributed by atoms with Crippen LogP contribution in [0.15, 0.2) is 12.4 Å². The Bertz CT molecular complexity index is 686. The molecule has 0 saturated carbocycles. The van der Waals surface area contributed by atoms with Crippen LogP contribution < -0.4 is 0 Å². The first-order valence-electron chi connectivity index (χ1n) is 26.5. The third kappa shape index (κ3) is 36.2. The molecule has 2 heteroatoms. The zero-order valence-electron chi connectivity index (χ0n) is 38.9. The maximum atomic E-state index is 2.74. The molecule has 328 valence electrons. The zero-order valence-corrected chi connectivity index (χ0v) is 38.9. The van der Waals surface area contributed by atoms with E-state index in [1.807, 2.05) is 0 Å². The van der Waals surface area contributed by atoms with Gasteiger partial charge in [0.25, 0.3) is 0 Å². The lowest BCUT2D eigenvalue weighted by Gasteiger charge is -2.33. The van der Waals surface area contributed by atoms with Crippen molar-refractivity contribution in [3.63, 3.8) is 0 Å². The van der Waals surface area contributed by atoms with Gasteiger partial charge in [0, 0.05) is 25.5 Å². The molecule has 0 fully saturated rings. The highest BCUT2D eigenvalue weighted by Crippen LogP contribution is 2.24. The number of rotatable bonds is 47. The van der Waals surface area contributed by atoms with Crippen LogP contribution in [0, 0.1) is 0 Å². The Kier molecular flexibility index (Phi) is 42.3. The minimum Gasteiger partial charge on any atom is -0.356 e. The SMILES string of the molecule is CCCCCCCCCCCCCCCCCCN1C=CN(CCCCCCCCCCCCCCCCCC)C1CCCCCCCCCCCCCC. The van der Waals surface area contributed by atoms with Crippen LogP contribution in [0.1, 0.15) is 310 Å². The van der Waals surface area contributed by atoms with Crippen molar-refractivity contribution in [3.8, 4) is 0 Å². The van der Waals surface area contributed by atoms with Crippen LogP contribution in [0.4, 0.5) is 0 Å². The fraction of sp³-hybridized carbons (Fsp3) is 0.962. The van der Waals surface area contributed by atoms with Crippen molar-refractivity contribution in [1.29, 1.82) is 0 Å². The molecule has 0 atom stereocenters. The molecule has 1 rings (SSSR count). The van der Waals surface area contributed by atoms with Gasteiger partial charge < -0.3 is 9.80 Å². The van der Waals surface area contributed by atoms with E-state index in [0.29, 0.717) is 6.17 Å². The molecule has 0 saturated heterocycles. The quantitative estimate of drug-likeness (QED) is 0.0569. The van der Waals surface area contributed by atoms with Gasteiger partial charge in [-0.05, 0) is 25.7 Å². The Morgan fingerprint density at radius 1 is 0.236 bits per heavy atom. The van der Waals surface area contributed by atoms with Crippen LogP contribution in [0.2, 0.25) is 0 Å². The van der Waals surface area contributed by atoms with Crippen molar-refractivity contribution >= 4 is 0 Å². The summed E-state index contributed by atoms with van der Waals surface area (Å²) in [7, 11) is 0. The van der Waals surface area contributed by atoms with Crippen molar-refractivity contribution in [1.82, 2.24) is 9.80 Å². The summed E-state index contributed by atoms with van der Waals surface area (Å²) in [5, 5.41) is 0. The highest BCUT2D eigenvalue weighted by molar-refractivity contribution is 4.97. The van der Waals surface area contributed by atoms with E-state index in [-0.39, 0.29) is 0 Å². The molecular weight excluding hydrogens is 665 g/mol. The van der Waals surface area contributed by atoms with E-state index >= 15 is 0 Å². The molecule has 1 heterocycles. The Morgan fingerprint density at radius 2 is 0.418 bits per heavy atom. The summed E-state index contributed by atoms with van der Waals surface area (Å²) in [5.41, 5.74) is 0. The van der Waals surface area contributed by atoms with Crippen LogP contribution in [-0.4, -0.2) is 29.1 Å². The summed E-state index contributed by atoms with van der Waals surface area (Å²) in [6, 6.07) is 0. The van der Waals surface area contributed by atoms with Gasteiger partial charge in [0.2, 0.25) is 0 Å². The van der Waals surface area contributed by atoms with E-state index in [1.165, 1.54) is 302 Å². The largest absolute Gasteiger partial charge is 0.356 e. The van der Waals surface area contributed by atoms with Crippen LogP contribution in [-0.2, 0) is 0 Å². The van der Waals surface area contributed by atoms with Gasteiger partial charge in [0.1, 0.15) is 6.17 Å². The van der Waals surface area contributed by atoms with Crippen LogP contribution in [0.5, 0.6) is 0 Å². The van der Waals surface area contributed by atoms with Gasteiger partial charge in [0.15, 0.2) is 0 Å².